The molecule has 0 aliphatic rings. The minimum absolute atomic E-state index is 0.129. The van der Waals surface area contributed by atoms with E-state index in [1.165, 1.54) is 18.2 Å². The van der Waals surface area contributed by atoms with Gasteiger partial charge in [-0.3, -0.25) is 10.1 Å². The lowest BCUT2D eigenvalue weighted by Crippen LogP contribution is -1.90. The van der Waals surface area contributed by atoms with Crippen LogP contribution in [0.15, 0.2) is 24.3 Å². The fraction of sp³-hybridized carbons (Fsp3) is 0.0909. The number of hydrogen-bond donors (Lipinski definition) is 0. The molecule has 0 heterocycles. The van der Waals surface area contributed by atoms with Gasteiger partial charge in [0.25, 0.3) is 5.69 Å². The number of nitrogens with zero attached hydrogens (tertiary/aromatic N) is 3. The SMILES string of the molecule is N#CCC=Cc1cc(C#N)cc([N+](=O)[O-])c1. The first kappa shape index (κ1) is 11.4. The van der Waals surface area contributed by atoms with Crippen LogP contribution in [-0.2, 0) is 0 Å². The van der Waals surface area contributed by atoms with Crippen molar-refractivity contribution in [1.82, 2.24) is 0 Å². The van der Waals surface area contributed by atoms with Gasteiger partial charge in [-0.05, 0) is 11.6 Å². The van der Waals surface area contributed by atoms with Gasteiger partial charge in [0.05, 0.1) is 29.0 Å². The molecule has 1 aromatic rings. The van der Waals surface area contributed by atoms with Crippen LogP contribution < -0.4 is 0 Å². The fourth-order valence-corrected chi connectivity index (χ4v) is 1.15. The molecule has 0 saturated heterocycles. The van der Waals surface area contributed by atoms with Gasteiger partial charge in [-0.25, -0.2) is 0 Å². The van der Waals surface area contributed by atoms with E-state index in [2.05, 4.69) is 0 Å². The van der Waals surface area contributed by atoms with Crippen molar-refractivity contribution < 1.29 is 4.92 Å². The Morgan fingerprint density at radius 3 is 2.69 bits per heavy atom. The summed E-state index contributed by atoms with van der Waals surface area (Å²) in [5.41, 5.74) is 0.641. The molecule has 0 atom stereocenters. The summed E-state index contributed by atoms with van der Waals surface area (Å²) in [6.45, 7) is 0. The summed E-state index contributed by atoms with van der Waals surface area (Å²) in [6.07, 6.45) is 3.39. The first-order valence-electron chi connectivity index (χ1n) is 4.40. The highest BCUT2D eigenvalue weighted by Gasteiger charge is 2.07. The Morgan fingerprint density at radius 2 is 2.12 bits per heavy atom. The summed E-state index contributed by atoms with van der Waals surface area (Å²) in [5.74, 6) is 0. The van der Waals surface area contributed by atoms with Crippen LogP contribution in [0.25, 0.3) is 6.08 Å². The summed E-state index contributed by atoms with van der Waals surface area (Å²) >= 11 is 0. The van der Waals surface area contributed by atoms with Crippen LogP contribution in [0.5, 0.6) is 0 Å². The number of benzene rings is 1. The van der Waals surface area contributed by atoms with Crippen molar-refractivity contribution in [3.63, 3.8) is 0 Å². The second-order valence-electron chi connectivity index (χ2n) is 2.95. The Kier molecular flexibility index (Phi) is 3.77. The van der Waals surface area contributed by atoms with E-state index in [1.807, 2.05) is 12.1 Å². The minimum atomic E-state index is -0.553. The molecule has 0 amide bonds. The number of rotatable bonds is 3. The highest BCUT2D eigenvalue weighted by Crippen LogP contribution is 2.17. The molecule has 0 spiro atoms. The first-order valence-corrected chi connectivity index (χ1v) is 4.40. The predicted octanol–water partition coefficient (Wildman–Crippen LogP) is 2.39. The van der Waals surface area contributed by atoms with Crippen molar-refractivity contribution in [3.8, 4) is 12.1 Å². The lowest BCUT2D eigenvalue weighted by molar-refractivity contribution is -0.384. The fourth-order valence-electron chi connectivity index (χ4n) is 1.15. The second kappa shape index (κ2) is 5.28. The minimum Gasteiger partial charge on any atom is -0.258 e. The second-order valence-corrected chi connectivity index (χ2v) is 2.95. The molecular weight excluding hydrogens is 206 g/mol. The number of nitriles is 2. The molecule has 0 aromatic heterocycles. The monoisotopic (exact) mass is 213 g/mol. The van der Waals surface area contributed by atoms with Crippen LogP contribution in [0.2, 0.25) is 0 Å². The number of nitro benzene ring substituents is 1. The third-order valence-corrected chi connectivity index (χ3v) is 1.80. The number of nitro groups is 1. The Hall–Kier alpha value is -2.66. The lowest BCUT2D eigenvalue weighted by Gasteiger charge is -1.96. The molecule has 0 radical (unpaired) electrons. The van der Waals surface area contributed by atoms with E-state index in [0.29, 0.717) is 5.56 Å². The Bertz CT molecular complexity index is 521. The number of non-ortho nitro benzene ring substituents is 1. The van der Waals surface area contributed by atoms with Crippen molar-refractivity contribution in [3.05, 3.63) is 45.5 Å². The largest absolute Gasteiger partial charge is 0.271 e. The molecule has 0 bridgehead atoms. The van der Waals surface area contributed by atoms with E-state index in [0.717, 1.165) is 0 Å². The highest BCUT2D eigenvalue weighted by molar-refractivity contribution is 5.57. The van der Waals surface area contributed by atoms with Crippen molar-refractivity contribution in [2.24, 2.45) is 0 Å². The first-order chi connectivity index (χ1) is 7.67. The zero-order valence-electron chi connectivity index (χ0n) is 8.25. The zero-order valence-corrected chi connectivity index (χ0v) is 8.25. The van der Waals surface area contributed by atoms with E-state index >= 15 is 0 Å². The van der Waals surface area contributed by atoms with Crippen molar-refractivity contribution >= 4 is 11.8 Å². The maximum atomic E-state index is 10.6. The molecule has 0 aliphatic carbocycles. The van der Waals surface area contributed by atoms with Crippen LogP contribution in [0.3, 0.4) is 0 Å². The molecule has 0 N–H and O–H groups in total. The predicted molar refractivity (Wildman–Crippen MR) is 57.1 cm³/mol. The van der Waals surface area contributed by atoms with Gasteiger partial charge in [-0.2, -0.15) is 10.5 Å². The van der Waals surface area contributed by atoms with E-state index in [4.69, 9.17) is 10.5 Å². The molecular formula is C11H7N3O2. The smallest absolute Gasteiger partial charge is 0.258 e. The summed E-state index contributed by atoms with van der Waals surface area (Å²) in [6, 6.07) is 7.86. The summed E-state index contributed by atoms with van der Waals surface area (Å²) in [5, 5.41) is 27.6. The van der Waals surface area contributed by atoms with Gasteiger partial charge < -0.3 is 0 Å². The average molecular weight is 213 g/mol. The van der Waals surface area contributed by atoms with Crippen LogP contribution in [-0.4, -0.2) is 4.92 Å². The van der Waals surface area contributed by atoms with Crippen molar-refractivity contribution in [2.45, 2.75) is 6.42 Å². The van der Waals surface area contributed by atoms with Gasteiger partial charge in [-0.15, -0.1) is 0 Å². The normalized spacial score (nSPS) is 9.62. The summed E-state index contributed by atoms with van der Waals surface area (Å²) in [7, 11) is 0. The quantitative estimate of drug-likeness (QED) is 0.569. The van der Waals surface area contributed by atoms with E-state index in [1.54, 1.807) is 12.2 Å². The summed E-state index contributed by atoms with van der Waals surface area (Å²) in [4.78, 5) is 10.0. The van der Waals surface area contributed by atoms with Crippen LogP contribution in [0.1, 0.15) is 17.5 Å². The lowest BCUT2D eigenvalue weighted by atomic mass is 10.1. The molecule has 1 aromatic carbocycles. The van der Waals surface area contributed by atoms with Crippen molar-refractivity contribution in [2.75, 3.05) is 0 Å². The molecule has 5 nitrogen and oxygen atoms in total. The van der Waals surface area contributed by atoms with Crippen LogP contribution in [0.4, 0.5) is 5.69 Å². The third kappa shape index (κ3) is 2.93. The topological polar surface area (TPSA) is 90.7 Å². The Labute approximate surface area is 92.0 Å². The molecule has 0 aliphatic heterocycles. The van der Waals surface area contributed by atoms with E-state index in [-0.39, 0.29) is 17.7 Å². The van der Waals surface area contributed by atoms with E-state index in [9.17, 15) is 10.1 Å². The van der Waals surface area contributed by atoms with Gasteiger partial charge in [0.1, 0.15) is 0 Å². The van der Waals surface area contributed by atoms with Gasteiger partial charge in [-0.1, -0.05) is 12.2 Å². The van der Waals surface area contributed by atoms with Gasteiger partial charge in [0.15, 0.2) is 0 Å². The van der Waals surface area contributed by atoms with Gasteiger partial charge >= 0.3 is 0 Å². The molecule has 0 fully saturated rings. The summed E-state index contributed by atoms with van der Waals surface area (Å²) < 4.78 is 0. The average Bonchev–Trinajstić information content (AvgIpc) is 2.29. The van der Waals surface area contributed by atoms with Gasteiger partial charge in [0.2, 0.25) is 0 Å². The zero-order chi connectivity index (χ0) is 12.0. The molecule has 78 valence electrons. The third-order valence-electron chi connectivity index (χ3n) is 1.80. The van der Waals surface area contributed by atoms with Crippen LogP contribution in [0, 0.1) is 32.8 Å². The number of allylic oxidation sites excluding steroid dienone is 1. The van der Waals surface area contributed by atoms with Crippen LogP contribution >= 0.6 is 0 Å². The van der Waals surface area contributed by atoms with Gasteiger partial charge in [0, 0.05) is 12.1 Å². The van der Waals surface area contributed by atoms with E-state index < -0.39 is 4.92 Å². The molecule has 0 saturated carbocycles. The molecule has 16 heavy (non-hydrogen) atoms. The maximum Gasteiger partial charge on any atom is 0.271 e. The van der Waals surface area contributed by atoms with Crippen molar-refractivity contribution in [1.29, 1.82) is 10.5 Å². The Morgan fingerprint density at radius 1 is 1.38 bits per heavy atom. The molecule has 0 unspecified atom stereocenters. The Balaban J connectivity index is 3.11. The standard InChI is InChI=1S/C11H7N3O2/c12-4-2-1-3-9-5-10(8-13)7-11(6-9)14(15)16/h1,3,5-7H,2H2. The molecule has 1 rings (SSSR count). The highest BCUT2D eigenvalue weighted by atomic mass is 16.6. The maximum absolute atomic E-state index is 10.6. The molecule has 5 heteroatoms. The number of hydrogen-bond acceptors (Lipinski definition) is 4.